The van der Waals surface area contributed by atoms with Crippen molar-refractivity contribution in [2.45, 2.75) is 5.75 Å². The summed E-state index contributed by atoms with van der Waals surface area (Å²) in [6.07, 6.45) is 2.69. The molecule has 3 aromatic rings. The van der Waals surface area contributed by atoms with E-state index in [1.165, 1.54) is 6.20 Å². The van der Waals surface area contributed by atoms with Gasteiger partial charge in [0.25, 0.3) is 0 Å². The molecule has 2 aromatic heterocycles. The Morgan fingerprint density at radius 1 is 1.23 bits per heavy atom. The summed E-state index contributed by atoms with van der Waals surface area (Å²) in [6, 6.07) is 6.69. The molecule has 2 heterocycles. The Morgan fingerprint density at radius 3 is 2.42 bits per heavy atom. The molecule has 0 radical (unpaired) electrons. The molecule has 0 aliphatic carbocycles. The highest BCUT2D eigenvalue weighted by atomic mass is 35.5. The second-order valence-corrected chi connectivity index (χ2v) is 8.55. The molecule has 0 amide bonds. The standard InChI is InChI=1S/C15H14Cl2N6O2S/c1-26(24,25)7-9-3-2-8(6-19-9)13-11(16)4-10(5-12(13)17)20-15-21-14(18)22-23-15/h2-6H,7H2,1H3,(H4,18,20,21,22,23). The van der Waals surface area contributed by atoms with Crippen LogP contribution in [0.4, 0.5) is 17.6 Å². The number of sulfone groups is 1. The fourth-order valence-electron chi connectivity index (χ4n) is 2.31. The predicted octanol–water partition coefficient (Wildman–Crippen LogP) is 3.04. The monoisotopic (exact) mass is 412 g/mol. The van der Waals surface area contributed by atoms with Crippen LogP contribution in [0.2, 0.25) is 10.0 Å². The topological polar surface area (TPSA) is 127 Å². The average molecular weight is 413 g/mol. The van der Waals surface area contributed by atoms with E-state index in [0.717, 1.165) is 6.26 Å². The first-order valence-corrected chi connectivity index (χ1v) is 10.1. The van der Waals surface area contributed by atoms with Crippen LogP contribution in [0.1, 0.15) is 5.69 Å². The van der Waals surface area contributed by atoms with Crippen LogP contribution < -0.4 is 11.1 Å². The van der Waals surface area contributed by atoms with Crippen molar-refractivity contribution in [3.05, 3.63) is 46.2 Å². The Labute approximate surface area is 159 Å². The minimum atomic E-state index is -3.15. The Bertz CT molecular complexity index is 1030. The fourth-order valence-corrected chi connectivity index (χ4v) is 3.72. The lowest BCUT2D eigenvalue weighted by molar-refractivity contribution is 0.600. The summed E-state index contributed by atoms with van der Waals surface area (Å²) >= 11 is 12.7. The van der Waals surface area contributed by atoms with E-state index in [-0.39, 0.29) is 17.6 Å². The second kappa shape index (κ2) is 7.10. The predicted molar refractivity (Wildman–Crippen MR) is 102 cm³/mol. The quantitative estimate of drug-likeness (QED) is 0.587. The van der Waals surface area contributed by atoms with Crippen LogP contribution in [0.25, 0.3) is 11.1 Å². The number of nitrogens with two attached hydrogens (primary N) is 1. The summed E-state index contributed by atoms with van der Waals surface area (Å²) in [4.78, 5) is 8.10. The van der Waals surface area contributed by atoms with Crippen molar-refractivity contribution in [1.82, 2.24) is 20.2 Å². The van der Waals surface area contributed by atoms with Gasteiger partial charge < -0.3 is 11.1 Å². The lowest BCUT2D eigenvalue weighted by Crippen LogP contribution is -2.02. The number of aromatic nitrogens is 4. The van der Waals surface area contributed by atoms with E-state index in [1.54, 1.807) is 24.3 Å². The molecule has 0 atom stereocenters. The van der Waals surface area contributed by atoms with Crippen molar-refractivity contribution in [2.24, 2.45) is 0 Å². The second-order valence-electron chi connectivity index (χ2n) is 5.59. The first-order valence-electron chi connectivity index (χ1n) is 7.28. The molecule has 4 N–H and O–H groups in total. The Morgan fingerprint density at radius 2 is 1.92 bits per heavy atom. The lowest BCUT2D eigenvalue weighted by atomic mass is 10.1. The van der Waals surface area contributed by atoms with Crippen molar-refractivity contribution in [3.63, 3.8) is 0 Å². The Hall–Kier alpha value is -2.36. The molecule has 11 heteroatoms. The van der Waals surface area contributed by atoms with Crippen LogP contribution >= 0.6 is 23.2 Å². The van der Waals surface area contributed by atoms with Crippen LogP contribution in [-0.4, -0.2) is 34.8 Å². The Balaban J connectivity index is 1.88. The third-order valence-electron chi connectivity index (χ3n) is 3.32. The molecular formula is C15H14Cl2N6O2S. The smallest absolute Gasteiger partial charge is 0.248 e. The minimum Gasteiger partial charge on any atom is -0.368 e. The summed E-state index contributed by atoms with van der Waals surface area (Å²) in [5.41, 5.74) is 7.77. The summed E-state index contributed by atoms with van der Waals surface area (Å²) in [6.45, 7) is 0. The SMILES string of the molecule is CS(=O)(=O)Cc1ccc(-c2c(Cl)cc(Nc3n[nH]c(N)n3)cc2Cl)cn1. The first-order chi connectivity index (χ1) is 12.2. The number of anilines is 3. The highest BCUT2D eigenvalue weighted by Gasteiger charge is 2.13. The van der Waals surface area contributed by atoms with Gasteiger partial charge in [0.15, 0.2) is 9.84 Å². The average Bonchev–Trinajstić information content (AvgIpc) is 2.92. The van der Waals surface area contributed by atoms with Crippen molar-refractivity contribution in [1.29, 1.82) is 0 Å². The number of rotatable bonds is 5. The number of nitrogens with zero attached hydrogens (tertiary/aromatic N) is 3. The third kappa shape index (κ3) is 4.43. The molecule has 0 bridgehead atoms. The zero-order chi connectivity index (χ0) is 18.9. The number of aromatic amines is 1. The van der Waals surface area contributed by atoms with E-state index < -0.39 is 9.84 Å². The molecule has 0 spiro atoms. The molecule has 0 aliphatic rings. The molecule has 0 saturated heterocycles. The van der Waals surface area contributed by atoms with Gasteiger partial charge in [-0.05, 0) is 18.2 Å². The van der Waals surface area contributed by atoms with E-state index >= 15 is 0 Å². The number of nitrogens with one attached hydrogen (secondary N) is 2. The Kier molecular flexibility index (Phi) is 5.03. The number of pyridine rings is 1. The van der Waals surface area contributed by atoms with Gasteiger partial charge in [0.2, 0.25) is 11.9 Å². The first kappa shape index (κ1) is 18.4. The molecule has 26 heavy (non-hydrogen) atoms. The van der Waals surface area contributed by atoms with Crippen LogP contribution in [0.5, 0.6) is 0 Å². The van der Waals surface area contributed by atoms with Gasteiger partial charge in [-0.2, -0.15) is 4.98 Å². The number of hydrogen-bond acceptors (Lipinski definition) is 7. The third-order valence-corrected chi connectivity index (χ3v) is 4.74. The van der Waals surface area contributed by atoms with Crippen LogP contribution in [0.3, 0.4) is 0 Å². The summed E-state index contributed by atoms with van der Waals surface area (Å²) in [5.74, 6) is 0.341. The zero-order valence-corrected chi connectivity index (χ0v) is 15.8. The van der Waals surface area contributed by atoms with Gasteiger partial charge in [0, 0.05) is 29.3 Å². The highest BCUT2D eigenvalue weighted by Crippen LogP contribution is 2.37. The highest BCUT2D eigenvalue weighted by molar-refractivity contribution is 7.89. The normalized spacial score (nSPS) is 11.5. The van der Waals surface area contributed by atoms with E-state index in [4.69, 9.17) is 28.9 Å². The molecule has 0 unspecified atom stereocenters. The van der Waals surface area contributed by atoms with Gasteiger partial charge in [0.1, 0.15) is 0 Å². The van der Waals surface area contributed by atoms with Gasteiger partial charge in [-0.3, -0.25) is 4.98 Å². The van der Waals surface area contributed by atoms with Gasteiger partial charge in [-0.1, -0.05) is 29.3 Å². The maximum Gasteiger partial charge on any atom is 0.248 e. The molecule has 136 valence electrons. The van der Waals surface area contributed by atoms with E-state index in [9.17, 15) is 8.42 Å². The number of benzene rings is 1. The minimum absolute atomic E-state index is 0.128. The maximum absolute atomic E-state index is 11.3. The van der Waals surface area contributed by atoms with Gasteiger partial charge in [-0.25, -0.2) is 13.5 Å². The fraction of sp³-hybridized carbons (Fsp3) is 0.133. The van der Waals surface area contributed by atoms with E-state index in [2.05, 4.69) is 25.5 Å². The molecule has 0 fully saturated rings. The largest absolute Gasteiger partial charge is 0.368 e. The van der Waals surface area contributed by atoms with Gasteiger partial charge in [0.05, 0.1) is 21.5 Å². The van der Waals surface area contributed by atoms with Crippen LogP contribution in [0.15, 0.2) is 30.5 Å². The number of hydrogen-bond donors (Lipinski definition) is 3. The summed E-state index contributed by atoms with van der Waals surface area (Å²) in [7, 11) is -3.15. The van der Waals surface area contributed by atoms with Crippen LogP contribution in [0, 0.1) is 0 Å². The summed E-state index contributed by atoms with van der Waals surface area (Å²) < 4.78 is 22.7. The summed E-state index contributed by atoms with van der Waals surface area (Å²) in [5, 5.41) is 10.1. The molecule has 0 saturated carbocycles. The molecule has 3 rings (SSSR count). The van der Waals surface area contributed by atoms with Crippen molar-refractivity contribution >= 4 is 50.6 Å². The van der Waals surface area contributed by atoms with Gasteiger partial charge in [-0.15, -0.1) is 5.10 Å². The van der Waals surface area contributed by atoms with E-state index in [0.29, 0.717) is 32.6 Å². The number of nitrogen functional groups attached to an aromatic ring is 1. The molecule has 1 aromatic carbocycles. The van der Waals surface area contributed by atoms with Crippen LogP contribution in [-0.2, 0) is 15.6 Å². The van der Waals surface area contributed by atoms with Crippen molar-refractivity contribution in [3.8, 4) is 11.1 Å². The van der Waals surface area contributed by atoms with Crippen molar-refractivity contribution < 1.29 is 8.42 Å². The van der Waals surface area contributed by atoms with Crippen molar-refractivity contribution in [2.75, 3.05) is 17.3 Å². The number of H-pyrrole nitrogens is 1. The maximum atomic E-state index is 11.3. The van der Waals surface area contributed by atoms with E-state index in [1.807, 2.05) is 0 Å². The molecule has 0 aliphatic heterocycles. The zero-order valence-electron chi connectivity index (χ0n) is 13.5. The number of halogens is 2. The van der Waals surface area contributed by atoms with Gasteiger partial charge >= 0.3 is 0 Å². The molecule has 8 nitrogen and oxygen atoms in total. The lowest BCUT2D eigenvalue weighted by Gasteiger charge is -2.11. The molecular weight excluding hydrogens is 399 g/mol.